The van der Waals surface area contributed by atoms with Gasteiger partial charge in [0.25, 0.3) is 0 Å². The molecule has 1 saturated heterocycles. The van der Waals surface area contributed by atoms with Gasteiger partial charge in [0.05, 0.1) is 12.1 Å². The van der Waals surface area contributed by atoms with Gasteiger partial charge in [0.1, 0.15) is 5.82 Å². The van der Waals surface area contributed by atoms with Crippen LogP contribution in [0.25, 0.3) is 0 Å². The molecule has 0 atom stereocenters. The molecule has 0 unspecified atom stereocenters. The predicted octanol–water partition coefficient (Wildman–Crippen LogP) is 3.50. The van der Waals surface area contributed by atoms with Gasteiger partial charge in [-0.3, -0.25) is 14.5 Å². The standard InChI is InChI=1S/C22H25ClFN3O2/c1-16-4-2-3-5-17(16)14-22(29)27-12-10-26(11-13-27)9-8-21(28)25-20-7-6-18(23)15-19(20)24/h2-7,15H,8-14H2,1H3,(H,25,28). The number of carbonyl (C=O) groups is 2. The summed E-state index contributed by atoms with van der Waals surface area (Å²) >= 11 is 5.72. The molecule has 3 rings (SSSR count). The summed E-state index contributed by atoms with van der Waals surface area (Å²) < 4.78 is 13.8. The van der Waals surface area contributed by atoms with Crippen molar-refractivity contribution in [2.24, 2.45) is 0 Å². The molecule has 1 aliphatic heterocycles. The lowest BCUT2D eigenvalue weighted by molar-refractivity contribution is -0.132. The van der Waals surface area contributed by atoms with Gasteiger partial charge in [-0.05, 0) is 36.2 Å². The maximum atomic E-state index is 13.8. The van der Waals surface area contributed by atoms with Crippen LogP contribution in [0.3, 0.4) is 0 Å². The van der Waals surface area contributed by atoms with Gasteiger partial charge in [0, 0.05) is 44.2 Å². The zero-order chi connectivity index (χ0) is 20.8. The first-order valence-electron chi connectivity index (χ1n) is 9.72. The van der Waals surface area contributed by atoms with Crippen molar-refractivity contribution in [3.05, 3.63) is 64.4 Å². The van der Waals surface area contributed by atoms with Gasteiger partial charge < -0.3 is 10.2 Å². The largest absolute Gasteiger partial charge is 0.340 e. The molecule has 5 nitrogen and oxygen atoms in total. The summed E-state index contributed by atoms with van der Waals surface area (Å²) in [6, 6.07) is 12.1. The van der Waals surface area contributed by atoms with Gasteiger partial charge in [-0.15, -0.1) is 0 Å². The van der Waals surface area contributed by atoms with Crippen molar-refractivity contribution in [3.63, 3.8) is 0 Å². The fourth-order valence-electron chi connectivity index (χ4n) is 3.37. The number of nitrogens with one attached hydrogen (secondary N) is 1. The Morgan fingerprint density at radius 3 is 2.52 bits per heavy atom. The van der Waals surface area contributed by atoms with Gasteiger partial charge in [0.2, 0.25) is 11.8 Å². The van der Waals surface area contributed by atoms with E-state index in [1.807, 2.05) is 36.1 Å². The molecule has 2 aromatic carbocycles. The van der Waals surface area contributed by atoms with Gasteiger partial charge in [-0.1, -0.05) is 35.9 Å². The second-order valence-corrected chi connectivity index (χ2v) is 7.68. The minimum atomic E-state index is -0.549. The molecule has 0 bridgehead atoms. The first kappa shape index (κ1) is 21.3. The van der Waals surface area contributed by atoms with Crippen molar-refractivity contribution in [2.45, 2.75) is 19.8 Å². The van der Waals surface area contributed by atoms with E-state index in [1.54, 1.807) is 0 Å². The monoisotopic (exact) mass is 417 g/mol. The van der Waals surface area contributed by atoms with Crippen LogP contribution < -0.4 is 5.32 Å². The first-order valence-corrected chi connectivity index (χ1v) is 10.1. The van der Waals surface area contributed by atoms with E-state index in [4.69, 9.17) is 11.6 Å². The van der Waals surface area contributed by atoms with Gasteiger partial charge in [-0.2, -0.15) is 0 Å². The number of carbonyl (C=O) groups excluding carboxylic acids is 2. The smallest absolute Gasteiger partial charge is 0.227 e. The number of hydrogen-bond acceptors (Lipinski definition) is 3. The van der Waals surface area contributed by atoms with Crippen LogP contribution in [0.5, 0.6) is 0 Å². The molecule has 29 heavy (non-hydrogen) atoms. The van der Waals surface area contributed by atoms with Crippen molar-refractivity contribution in [1.29, 1.82) is 0 Å². The highest BCUT2D eigenvalue weighted by atomic mass is 35.5. The highest BCUT2D eigenvalue weighted by Gasteiger charge is 2.22. The average molecular weight is 418 g/mol. The second kappa shape index (κ2) is 9.85. The van der Waals surface area contributed by atoms with Gasteiger partial charge >= 0.3 is 0 Å². The SMILES string of the molecule is Cc1ccccc1CC(=O)N1CCN(CCC(=O)Nc2ccc(Cl)cc2F)CC1. The molecule has 1 aliphatic rings. The summed E-state index contributed by atoms with van der Waals surface area (Å²) in [7, 11) is 0. The van der Waals surface area contributed by atoms with E-state index in [1.165, 1.54) is 18.2 Å². The maximum Gasteiger partial charge on any atom is 0.227 e. The van der Waals surface area contributed by atoms with E-state index in [-0.39, 0.29) is 28.9 Å². The molecule has 7 heteroatoms. The van der Waals surface area contributed by atoms with Crippen LogP contribution in [0.15, 0.2) is 42.5 Å². The quantitative estimate of drug-likeness (QED) is 0.782. The van der Waals surface area contributed by atoms with E-state index in [2.05, 4.69) is 10.2 Å². The van der Waals surface area contributed by atoms with Crippen molar-refractivity contribution in [2.75, 3.05) is 38.0 Å². The summed E-state index contributed by atoms with van der Waals surface area (Å²) in [5.74, 6) is -0.661. The molecule has 1 heterocycles. The van der Waals surface area contributed by atoms with Crippen molar-refractivity contribution in [3.8, 4) is 0 Å². The molecule has 154 valence electrons. The van der Waals surface area contributed by atoms with E-state index in [9.17, 15) is 14.0 Å². The van der Waals surface area contributed by atoms with Crippen LogP contribution in [0.2, 0.25) is 5.02 Å². The lowest BCUT2D eigenvalue weighted by Crippen LogP contribution is -2.49. The summed E-state index contributed by atoms with van der Waals surface area (Å²) in [6.45, 7) is 5.34. The topological polar surface area (TPSA) is 52.7 Å². The Morgan fingerprint density at radius 1 is 1.10 bits per heavy atom. The second-order valence-electron chi connectivity index (χ2n) is 7.25. The van der Waals surface area contributed by atoms with Crippen molar-refractivity contribution in [1.82, 2.24) is 9.80 Å². The number of halogens is 2. The minimum Gasteiger partial charge on any atom is -0.340 e. The van der Waals surface area contributed by atoms with Crippen LogP contribution in [-0.4, -0.2) is 54.3 Å². The fourth-order valence-corrected chi connectivity index (χ4v) is 3.53. The average Bonchev–Trinajstić information content (AvgIpc) is 2.70. The van der Waals surface area contributed by atoms with Gasteiger partial charge in [0.15, 0.2) is 0 Å². The zero-order valence-electron chi connectivity index (χ0n) is 16.5. The number of nitrogens with zero attached hydrogens (tertiary/aromatic N) is 2. The summed E-state index contributed by atoms with van der Waals surface area (Å²) in [5.41, 5.74) is 2.32. The number of rotatable bonds is 6. The number of amides is 2. The summed E-state index contributed by atoms with van der Waals surface area (Å²) in [6.07, 6.45) is 0.682. The normalized spacial score (nSPS) is 14.7. The number of hydrogen-bond donors (Lipinski definition) is 1. The molecular weight excluding hydrogens is 393 g/mol. The van der Waals surface area contributed by atoms with E-state index in [0.717, 1.165) is 24.2 Å². The number of aryl methyl sites for hydroxylation is 1. The molecule has 0 spiro atoms. The maximum absolute atomic E-state index is 13.8. The Morgan fingerprint density at radius 2 is 1.83 bits per heavy atom. The van der Waals surface area contributed by atoms with E-state index in [0.29, 0.717) is 26.1 Å². The molecule has 2 aromatic rings. The molecule has 2 amide bonds. The van der Waals surface area contributed by atoms with E-state index < -0.39 is 5.82 Å². The predicted molar refractivity (Wildman–Crippen MR) is 113 cm³/mol. The number of benzene rings is 2. The molecule has 1 N–H and O–H groups in total. The van der Waals surface area contributed by atoms with Crippen molar-refractivity contribution < 1.29 is 14.0 Å². The first-order chi connectivity index (χ1) is 13.9. The van der Waals surface area contributed by atoms with Crippen LogP contribution in [-0.2, 0) is 16.0 Å². The molecule has 0 aliphatic carbocycles. The Kier molecular flexibility index (Phi) is 7.23. The summed E-state index contributed by atoms with van der Waals surface area (Å²) in [4.78, 5) is 28.7. The third kappa shape index (κ3) is 6.02. The van der Waals surface area contributed by atoms with Gasteiger partial charge in [-0.25, -0.2) is 4.39 Å². The molecule has 0 radical (unpaired) electrons. The molecule has 0 aromatic heterocycles. The summed E-state index contributed by atoms with van der Waals surface area (Å²) in [5, 5.41) is 2.86. The molecular formula is C22H25ClFN3O2. The van der Waals surface area contributed by atoms with Crippen LogP contribution in [0.4, 0.5) is 10.1 Å². The lowest BCUT2D eigenvalue weighted by atomic mass is 10.1. The molecule has 1 fully saturated rings. The third-order valence-corrected chi connectivity index (χ3v) is 5.42. The fraction of sp³-hybridized carbons (Fsp3) is 0.364. The van der Waals surface area contributed by atoms with Crippen LogP contribution >= 0.6 is 11.6 Å². The number of anilines is 1. The zero-order valence-corrected chi connectivity index (χ0v) is 17.2. The Hall–Kier alpha value is -2.44. The Balaban J connectivity index is 1.41. The minimum absolute atomic E-state index is 0.131. The highest BCUT2D eigenvalue weighted by molar-refractivity contribution is 6.30. The molecule has 0 saturated carbocycles. The van der Waals surface area contributed by atoms with Crippen LogP contribution in [0.1, 0.15) is 17.5 Å². The number of piperazine rings is 1. The third-order valence-electron chi connectivity index (χ3n) is 5.19. The Bertz CT molecular complexity index is 882. The lowest BCUT2D eigenvalue weighted by Gasteiger charge is -2.34. The Labute approximate surface area is 175 Å². The van der Waals surface area contributed by atoms with Crippen LogP contribution in [0, 0.1) is 12.7 Å². The van der Waals surface area contributed by atoms with E-state index >= 15 is 0 Å². The highest BCUT2D eigenvalue weighted by Crippen LogP contribution is 2.19. The van der Waals surface area contributed by atoms with Crippen molar-refractivity contribution >= 4 is 29.1 Å².